The van der Waals surface area contributed by atoms with Gasteiger partial charge in [-0.15, -0.1) is 0 Å². The first-order valence-electron chi connectivity index (χ1n) is 3.27. The Bertz CT molecular complexity index is 393. The summed E-state index contributed by atoms with van der Waals surface area (Å²) >= 11 is 0. The van der Waals surface area contributed by atoms with Crippen LogP contribution in [0.3, 0.4) is 0 Å². The maximum absolute atomic E-state index is 5.65. The number of anilines is 1. The third-order valence-corrected chi connectivity index (χ3v) is 1.55. The van der Waals surface area contributed by atoms with Crippen LogP contribution in [0, 0.1) is 0 Å². The highest BCUT2D eigenvalue weighted by atomic mass is 15.2. The summed E-state index contributed by atoms with van der Waals surface area (Å²) in [5, 5.41) is 3.99. The Morgan fingerprint density at radius 1 is 1.55 bits per heavy atom. The molecule has 0 saturated heterocycles. The Hall–Kier alpha value is -1.45. The molecule has 0 aromatic carbocycles. The molecule has 2 aromatic rings. The lowest BCUT2D eigenvalue weighted by atomic mass is 9.96. The van der Waals surface area contributed by atoms with Crippen LogP contribution in [-0.2, 0) is 0 Å². The number of fused-ring (bicyclic) bond motifs is 1. The van der Waals surface area contributed by atoms with Crippen molar-refractivity contribution in [2.45, 2.75) is 0 Å². The van der Waals surface area contributed by atoms with Crippen LogP contribution in [0.2, 0.25) is 0 Å². The molecule has 0 saturated carbocycles. The lowest BCUT2D eigenvalue weighted by Crippen LogP contribution is -2.05. The fourth-order valence-corrected chi connectivity index (χ4v) is 1.06. The van der Waals surface area contributed by atoms with Gasteiger partial charge in [0, 0.05) is 12.3 Å². The first-order chi connectivity index (χ1) is 5.27. The maximum atomic E-state index is 5.65. The second-order valence-electron chi connectivity index (χ2n) is 2.36. The Labute approximate surface area is 65.2 Å². The van der Waals surface area contributed by atoms with Crippen molar-refractivity contribution < 1.29 is 0 Å². The molecule has 2 rings (SSSR count). The zero-order valence-electron chi connectivity index (χ0n) is 5.86. The predicted octanol–water partition coefficient (Wildman–Crippen LogP) is -0.290. The molecule has 4 heteroatoms. The first-order valence-corrected chi connectivity index (χ1v) is 3.27. The zero-order valence-corrected chi connectivity index (χ0v) is 5.86. The molecular formula is C7H6BN3. The molecule has 11 heavy (non-hydrogen) atoms. The molecule has 0 spiro atoms. The van der Waals surface area contributed by atoms with Gasteiger partial charge in [-0.05, 0) is 6.07 Å². The predicted molar refractivity (Wildman–Crippen MR) is 45.0 cm³/mol. The zero-order chi connectivity index (χ0) is 7.84. The molecule has 2 radical (unpaired) electrons. The van der Waals surface area contributed by atoms with E-state index in [0.717, 1.165) is 5.52 Å². The molecule has 2 N–H and O–H groups in total. The number of nitrogen functional groups attached to an aromatic ring is 1. The van der Waals surface area contributed by atoms with Gasteiger partial charge in [-0.25, -0.2) is 4.52 Å². The fourth-order valence-electron chi connectivity index (χ4n) is 1.06. The number of hydrogen-bond donors (Lipinski definition) is 1. The van der Waals surface area contributed by atoms with E-state index in [9.17, 15) is 0 Å². The van der Waals surface area contributed by atoms with Gasteiger partial charge < -0.3 is 5.73 Å². The summed E-state index contributed by atoms with van der Waals surface area (Å²) in [6.07, 6.45) is 1.81. The molecule has 3 nitrogen and oxygen atoms in total. The number of hydrogen-bond acceptors (Lipinski definition) is 2. The average molecular weight is 143 g/mol. The van der Waals surface area contributed by atoms with Crippen molar-refractivity contribution >= 4 is 24.6 Å². The van der Waals surface area contributed by atoms with E-state index in [-0.39, 0.29) is 0 Å². The van der Waals surface area contributed by atoms with E-state index in [1.165, 1.54) is 0 Å². The third-order valence-electron chi connectivity index (χ3n) is 1.55. The summed E-state index contributed by atoms with van der Waals surface area (Å²) in [4.78, 5) is 0. The third kappa shape index (κ3) is 0.870. The van der Waals surface area contributed by atoms with E-state index in [1.54, 1.807) is 10.6 Å². The molecule has 2 aromatic heterocycles. The minimum atomic E-state index is 0.489. The van der Waals surface area contributed by atoms with E-state index >= 15 is 0 Å². The Kier molecular flexibility index (Phi) is 1.15. The minimum Gasteiger partial charge on any atom is -0.382 e. The largest absolute Gasteiger partial charge is 0.382 e. The van der Waals surface area contributed by atoms with Crippen molar-refractivity contribution in [2.75, 3.05) is 5.73 Å². The number of nitrogens with two attached hydrogens (primary N) is 1. The van der Waals surface area contributed by atoms with Crippen LogP contribution in [0.4, 0.5) is 5.82 Å². The van der Waals surface area contributed by atoms with Gasteiger partial charge in [-0.1, -0.05) is 11.5 Å². The molecule has 0 unspecified atom stereocenters. The van der Waals surface area contributed by atoms with Crippen LogP contribution in [0.1, 0.15) is 0 Å². The molecule has 0 bridgehead atoms. The SMILES string of the molecule is [B]c1cccn2nc(N)cc12. The standard InChI is InChI=1S/C7H6BN3/c8-5-2-1-3-11-6(5)4-7(9)10-11/h1-4H,(H2,9,10). The summed E-state index contributed by atoms with van der Waals surface area (Å²) in [6.45, 7) is 0. The van der Waals surface area contributed by atoms with Gasteiger partial charge in [-0.2, -0.15) is 5.10 Å². The van der Waals surface area contributed by atoms with Crippen molar-refractivity contribution in [3.8, 4) is 0 Å². The second kappa shape index (κ2) is 2.02. The molecule has 0 aliphatic carbocycles. The number of rotatable bonds is 0. The van der Waals surface area contributed by atoms with E-state index in [1.807, 2.05) is 18.3 Å². The lowest BCUT2D eigenvalue weighted by Gasteiger charge is -1.94. The molecule has 2 heterocycles. The van der Waals surface area contributed by atoms with E-state index < -0.39 is 0 Å². The van der Waals surface area contributed by atoms with Gasteiger partial charge in [0.2, 0.25) is 0 Å². The van der Waals surface area contributed by atoms with E-state index in [4.69, 9.17) is 13.6 Å². The van der Waals surface area contributed by atoms with E-state index in [0.29, 0.717) is 11.3 Å². The second-order valence-corrected chi connectivity index (χ2v) is 2.36. The smallest absolute Gasteiger partial charge is 0.146 e. The highest BCUT2D eigenvalue weighted by molar-refractivity contribution is 6.36. The highest BCUT2D eigenvalue weighted by Crippen LogP contribution is 2.03. The monoisotopic (exact) mass is 143 g/mol. The molecule has 0 atom stereocenters. The van der Waals surface area contributed by atoms with Crippen LogP contribution >= 0.6 is 0 Å². The normalized spacial score (nSPS) is 10.5. The highest BCUT2D eigenvalue weighted by Gasteiger charge is 1.97. The number of nitrogens with zero attached hydrogens (tertiary/aromatic N) is 2. The van der Waals surface area contributed by atoms with Crippen LogP contribution in [-0.4, -0.2) is 17.5 Å². The number of aromatic nitrogens is 2. The summed E-state index contributed by atoms with van der Waals surface area (Å²) in [5.74, 6) is 0.489. The molecular weight excluding hydrogens is 137 g/mol. The first kappa shape index (κ1) is 6.28. The molecule has 0 aliphatic rings. The topological polar surface area (TPSA) is 43.3 Å². The van der Waals surface area contributed by atoms with Crippen molar-refractivity contribution in [2.24, 2.45) is 0 Å². The Morgan fingerprint density at radius 3 is 3.09 bits per heavy atom. The van der Waals surface area contributed by atoms with E-state index in [2.05, 4.69) is 5.10 Å². The van der Waals surface area contributed by atoms with Crippen LogP contribution in [0.25, 0.3) is 5.52 Å². The van der Waals surface area contributed by atoms with Gasteiger partial charge >= 0.3 is 0 Å². The van der Waals surface area contributed by atoms with Crippen LogP contribution in [0.15, 0.2) is 24.4 Å². The summed E-state index contributed by atoms with van der Waals surface area (Å²) in [5.41, 5.74) is 7.02. The summed E-state index contributed by atoms with van der Waals surface area (Å²) in [7, 11) is 5.65. The Balaban J connectivity index is 2.90. The summed E-state index contributed by atoms with van der Waals surface area (Å²) in [6, 6.07) is 5.39. The lowest BCUT2D eigenvalue weighted by molar-refractivity contribution is 0.971. The van der Waals surface area contributed by atoms with Gasteiger partial charge in [-0.3, -0.25) is 0 Å². The summed E-state index contributed by atoms with van der Waals surface area (Å²) < 4.78 is 1.66. The van der Waals surface area contributed by atoms with Gasteiger partial charge in [0.1, 0.15) is 13.7 Å². The number of pyridine rings is 1. The van der Waals surface area contributed by atoms with Crippen molar-refractivity contribution in [1.29, 1.82) is 0 Å². The van der Waals surface area contributed by atoms with Crippen LogP contribution < -0.4 is 11.2 Å². The van der Waals surface area contributed by atoms with Crippen molar-refractivity contribution in [1.82, 2.24) is 9.61 Å². The average Bonchev–Trinajstić information content (AvgIpc) is 2.31. The molecule has 52 valence electrons. The molecule has 0 fully saturated rings. The fraction of sp³-hybridized carbons (Fsp3) is 0. The molecule has 0 amide bonds. The quantitative estimate of drug-likeness (QED) is 0.515. The Morgan fingerprint density at radius 2 is 2.36 bits per heavy atom. The van der Waals surface area contributed by atoms with Gasteiger partial charge in [0.25, 0.3) is 0 Å². The van der Waals surface area contributed by atoms with Crippen LogP contribution in [0.5, 0.6) is 0 Å². The van der Waals surface area contributed by atoms with Crippen molar-refractivity contribution in [3.63, 3.8) is 0 Å². The van der Waals surface area contributed by atoms with Gasteiger partial charge in [0.15, 0.2) is 0 Å². The maximum Gasteiger partial charge on any atom is 0.146 e. The van der Waals surface area contributed by atoms with Gasteiger partial charge in [0.05, 0.1) is 5.52 Å². The molecule has 0 aliphatic heterocycles. The van der Waals surface area contributed by atoms with Crippen molar-refractivity contribution in [3.05, 3.63) is 24.4 Å². The minimum absolute atomic E-state index is 0.489.